The van der Waals surface area contributed by atoms with E-state index in [4.69, 9.17) is 0 Å². The lowest BCUT2D eigenvalue weighted by atomic mass is 9.71. The van der Waals surface area contributed by atoms with E-state index in [1.165, 1.54) is 4.31 Å². The van der Waals surface area contributed by atoms with Crippen LogP contribution in [0.5, 0.6) is 0 Å². The number of carbonyl (C=O) groups excluding carboxylic acids is 1. The van der Waals surface area contributed by atoms with Crippen LogP contribution in [0, 0.1) is 5.41 Å². The quantitative estimate of drug-likeness (QED) is 0.794. The minimum Gasteiger partial charge on any atom is -0.311 e. The number of piperidine rings is 1. The highest BCUT2D eigenvalue weighted by molar-refractivity contribution is 7.89. The third kappa shape index (κ3) is 2.65. The Morgan fingerprint density at radius 3 is 1.96 bits per heavy atom. The highest BCUT2D eigenvalue weighted by Gasteiger charge is 2.54. The molecule has 2 aromatic rings. The molecule has 5 nitrogen and oxygen atoms in total. The Morgan fingerprint density at radius 2 is 1.40 bits per heavy atom. The predicted octanol–water partition coefficient (Wildman–Crippen LogP) is 2.50. The van der Waals surface area contributed by atoms with E-state index in [1.54, 1.807) is 35.2 Å². The maximum atomic E-state index is 12.7. The van der Waals surface area contributed by atoms with Gasteiger partial charge in [-0.05, 0) is 37.1 Å². The van der Waals surface area contributed by atoms with Gasteiger partial charge in [-0.2, -0.15) is 4.31 Å². The van der Waals surface area contributed by atoms with Gasteiger partial charge in [-0.1, -0.05) is 36.4 Å². The number of hydrogen-bond donors (Lipinski definition) is 0. The average molecular weight is 356 g/mol. The summed E-state index contributed by atoms with van der Waals surface area (Å²) in [6.45, 7) is 1.46. The van der Waals surface area contributed by atoms with Crippen LogP contribution in [0.2, 0.25) is 0 Å². The van der Waals surface area contributed by atoms with Crippen molar-refractivity contribution in [3.63, 3.8) is 0 Å². The number of sulfonamides is 1. The SMILES string of the molecule is O=C1N(c2ccccc2)CC12CCN(S(=O)(=O)c1ccccc1)CC2. The van der Waals surface area contributed by atoms with Crippen molar-refractivity contribution in [2.45, 2.75) is 17.7 Å². The molecule has 4 rings (SSSR count). The fourth-order valence-corrected chi connectivity index (χ4v) is 5.18. The number of carbonyl (C=O) groups is 1. The Kier molecular flexibility index (Phi) is 3.89. The number of hydrogen-bond acceptors (Lipinski definition) is 3. The zero-order chi connectivity index (χ0) is 17.5. The molecule has 1 spiro atoms. The van der Waals surface area contributed by atoms with Gasteiger partial charge in [-0.25, -0.2) is 8.42 Å². The fraction of sp³-hybridized carbons (Fsp3) is 0.316. The molecule has 2 heterocycles. The number of rotatable bonds is 3. The number of para-hydroxylation sites is 1. The van der Waals surface area contributed by atoms with E-state index in [-0.39, 0.29) is 5.91 Å². The summed E-state index contributed by atoms with van der Waals surface area (Å²) in [5, 5.41) is 0. The largest absolute Gasteiger partial charge is 0.311 e. The van der Waals surface area contributed by atoms with Crippen LogP contribution in [0.15, 0.2) is 65.6 Å². The van der Waals surface area contributed by atoms with Crippen LogP contribution in [-0.2, 0) is 14.8 Å². The summed E-state index contributed by atoms with van der Waals surface area (Å²) in [5.41, 5.74) is 0.524. The van der Waals surface area contributed by atoms with Crippen molar-refractivity contribution in [1.82, 2.24) is 4.31 Å². The second-order valence-electron chi connectivity index (χ2n) is 6.72. The summed E-state index contributed by atoms with van der Waals surface area (Å²) in [7, 11) is -3.47. The Morgan fingerprint density at radius 1 is 0.840 bits per heavy atom. The molecular formula is C19H20N2O3S. The normalized spacial score (nSPS) is 20.5. The smallest absolute Gasteiger partial charge is 0.243 e. The summed E-state index contributed by atoms with van der Waals surface area (Å²) in [5.74, 6) is 0.121. The molecule has 0 saturated carbocycles. The van der Waals surface area contributed by atoms with Crippen molar-refractivity contribution in [2.24, 2.45) is 5.41 Å². The maximum Gasteiger partial charge on any atom is 0.243 e. The minimum atomic E-state index is -3.47. The van der Waals surface area contributed by atoms with E-state index in [1.807, 2.05) is 30.3 Å². The van der Waals surface area contributed by atoms with E-state index in [0.717, 1.165) is 5.69 Å². The number of anilines is 1. The highest BCUT2D eigenvalue weighted by Crippen LogP contribution is 2.44. The molecule has 0 unspecified atom stereocenters. The molecule has 2 aromatic carbocycles. The third-order valence-electron chi connectivity index (χ3n) is 5.29. The van der Waals surface area contributed by atoms with Crippen LogP contribution in [0.1, 0.15) is 12.8 Å². The topological polar surface area (TPSA) is 57.7 Å². The molecule has 130 valence electrons. The molecule has 0 radical (unpaired) electrons. The lowest BCUT2D eigenvalue weighted by molar-refractivity contribution is -0.137. The van der Waals surface area contributed by atoms with Crippen LogP contribution >= 0.6 is 0 Å². The summed E-state index contributed by atoms with van der Waals surface area (Å²) < 4.78 is 26.9. The van der Waals surface area contributed by atoms with Gasteiger partial charge < -0.3 is 4.90 Å². The molecule has 0 N–H and O–H groups in total. The van der Waals surface area contributed by atoms with Crippen LogP contribution in [-0.4, -0.2) is 38.3 Å². The van der Waals surface area contributed by atoms with E-state index < -0.39 is 15.4 Å². The van der Waals surface area contributed by atoms with E-state index in [2.05, 4.69) is 0 Å². The number of amides is 1. The Balaban J connectivity index is 1.45. The summed E-state index contributed by atoms with van der Waals surface area (Å²) in [6, 6.07) is 18.1. The van der Waals surface area contributed by atoms with E-state index in [0.29, 0.717) is 37.4 Å². The lowest BCUT2D eigenvalue weighted by Gasteiger charge is -2.52. The number of β-lactam (4-membered cyclic amide) rings is 1. The molecule has 6 heteroatoms. The molecule has 2 aliphatic rings. The van der Waals surface area contributed by atoms with Gasteiger partial charge in [0.05, 0.1) is 10.3 Å². The zero-order valence-corrected chi connectivity index (χ0v) is 14.7. The Hall–Kier alpha value is -2.18. The second kappa shape index (κ2) is 5.97. The molecule has 2 aliphatic heterocycles. The first-order chi connectivity index (χ1) is 12.0. The van der Waals surface area contributed by atoms with Gasteiger partial charge in [0.1, 0.15) is 0 Å². The Bertz CT molecular complexity index is 873. The van der Waals surface area contributed by atoms with Crippen molar-refractivity contribution in [3.8, 4) is 0 Å². The molecule has 0 bridgehead atoms. The second-order valence-corrected chi connectivity index (χ2v) is 8.66. The van der Waals surface area contributed by atoms with Gasteiger partial charge in [0.2, 0.25) is 15.9 Å². The molecule has 2 saturated heterocycles. The summed E-state index contributed by atoms with van der Waals surface area (Å²) >= 11 is 0. The molecule has 25 heavy (non-hydrogen) atoms. The van der Waals surface area contributed by atoms with Gasteiger partial charge in [0, 0.05) is 25.3 Å². The van der Waals surface area contributed by atoms with Crippen molar-refractivity contribution < 1.29 is 13.2 Å². The van der Waals surface area contributed by atoms with Gasteiger partial charge in [-0.15, -0.1) is 0 Å². The standard InChI is InChI=1S/C19H20N2O3S/c22-18-19(15-21(18)16-7-3-1-4-8-16)11-13-20(14-12-19)25(23,24)17-9-5-2-6-10-17/h1-10H,11-15H2. The van der Waals surface area contributed by atoms with Crippen molar-refractivity contribution >= 4 is 21.6 Å². The van der Waals surface area contributed by atoms with Gasteiger partial charge in [-0.3, -0.25) is 4.79 Å². The fourth-order valence-electron chi connectivity index (χ4n) is 3.72. The monoisotopic (exact) mass is 356 g/mol. The molecule has 0 atom stereocenters. The number of nitrogens with zero attached hydrogens (tertiary/aromatic N) is 2. The lowest BCUT2D eigenvalue weighted by Crippen LogP contribution is -2.65. The summed E-state index contributed by atoms with van der Waals surface area (Å²) in [4.78, 5) is 14.8. The van der Waals surface area contributed by atoms with Crippen molar-refractivity contribution in [1.29, 1.82) is 0 Å². The third-order valence-corrected chi connectivity index (χ3v) is 7.20. The molecule has 1 amide bonds. The maximum absolute atomic E-state index is 12.7. The molecular weight excluding hydrogens is 336 g/mol. The van der Waals surface area contributed by atoms with Crippen molar-refractivity contribution in [3.05, 3.63) is 60.7 Å². The van der Waals surface area contributed by atoms with Gasteiger partial charge in [0.25, 0.3) is 0 Å². The van der Waals surface area contributed by atoms with Crippen LogP contribution < -0.4 is 4.90 Å². The first-order valence-electron chi connectivity index (χ1n) is 8.45. The number of benzene rings is 2. The molecule has 0 aliphatic carbocycles. The van der Waals surface area contributed by atoms with Crippen LogP contribution in [0.4, 0.5) is 5.69 Å². The summed E-state index contributed by atoms with van der Waals surface area (Å²) in [6.07, 6.45) is 1.17. The average Bonchev–Trinajstić information content (AvgIpc) is 2.67. The predicted molar refractivity (Wildman–Crippen MR) is 95.7 cm³/mol. The van der Waals surface area contributed by atoms with Crippen LogP contribution in [0.3, 0.4) is 0 Å². The van der Waals surface area contributed by atoms with Crippen molar-refractivity contribution in [2.75, 3.05) is 24.5 Å². The zero-order valence-electron chi connectivity index (χ0n) is 13.8. The van der Waals surface area contributed by atoms with Gasteiger partial charge in [0.15, 0.2) is 0 Å². The van der Waals surface area contributed by atoms with Gasteiger partial charge >= 0.3 is 0 Å². The highest BCUT2D eigenvalue weighted by atomic mass is 32.2. The molecule has 2 fully saturated rings. The van der Waals surface area contributed by atoms with E-state index in [9.17, 15) is 13.2 Å². The minimum absolute atomic E-state index is 0.121. The first kappa shape index (κ1) is 16.3. The van der Waals surface area contributed by atoms with E-state index >= 15 is 0 Å². The first-order valence-corrected chi connectivity index (χ1v) is 9.89. The Labute approximate surface area is 147 Å². The molecule has 0 aromatic heterocycles. The van der Waals surface area contributed by atoms with Crippen LogP contribution in [0.25, 0.3) is 0 Å².